The smallest absolute Gasteiger partial charge is 0.281 e. The third-order valence-corrected chi connectivity index (χ3v) is 5.48. The highest BCUT2D eigenvalue weighted by molar-refractivity contribution is 7.16. The Kier molecular flexibility index (Phi) is 3.52. The maximum Gasteiger partial charge on any atom is 0.281 e. The van der Waals surface area contributed by atoms with Crippen LogP contribution in [0.3, 0.4) is 0 Å². The van der Waals surface area contributed by atoms with Gasteiger partial charge in [0.15, 0.2) is 16.3 Å². The molecule has 6 nitrogen and oxygen atoms in total. The number of H-pyrrole nitrogens is 1. The summed E-state index contributed by atoms with van der Waals surface area (Å²) < 4.78 is 13.7. The molecule has 4 aromatic rings. The molecule has 132 valence electrons. The molecule has 0 saturated carbocycles. The van der Waals surface area contributed by atoms with E-state index in [1.807, 2.05) is 41.0 Å². The zero-order chi connectivity index (χ0) is 18.4. The Morgan fingerprint density at radius 3 is 2.96 bits per heavy atom. The van der Waals surface area contributed by atoms with Crippen molar-refractivity contribution < 1.29 is 14.3 Å². The molecule has 1 amide bonds. The highest BCUT2D eigenvalue weighted by Gasteiger charge is 2.18. The molecule has 3 heterocycles. The predicted octanol–water partition coefficient (Wildman–Crippen LogP) is 3.29. The maximum atomic E-state index is 12.8. The van der Waals surface area contributed by atoms with Gasteiger partial charge in [-0.2, -0.15) is 4.99 Å². The molecule has 1 aliphatic heterocycles. The largest absolute Gasteiger partial charge is 0.454 e. The first-order chi connectivity index (χ1) is 13.2. The van der Waals surface area contributed by atoms with Gasteiger partial charge in [0.25, 0.3) is 5.91 Å². The van der Waals surface area contributed by atoms with Crippen LogP contribution in [-0.4, -0.2) is 22.3 Å². The van der Waals surface area contributed by atoms with Gasteiger partial charge in [-0.05, 0) is 6.07 Å². The number of para-hydroxylation sites is 1. The Hall–Kier alpha value is -3.50. The molecule has 7 heteroatoms. The van der Waals surface area contributed by atoms with E-state index in [1.165, 1.54) is 11.3 Å². The van der Waals surface area contributed by atoms with Gasteiger partial charge >= 0.3 is 0 Å². The van der Waals surface area contributed by atoms with E-state index in [4.69, 9.17) is 15.9 Å². The predicted molar refractivity (Wildman–Crippen MR) is 103 cm³/mol. The topological polar surface area (TPSA) is 68.6 Å². The van der Waals surface area contributed by atoms with E-state index in [0.29, 0.717) is 28.4 Å². The number of aromatic nitrogens is 2. The quantitative estimate of drug-likeness (QED) is 0.547. The second-order valence-electron chi connectivity index (χ2n) is 6.01. The molecule has 0 radical (unpaired) electrons. The fourth-order valence-corrected chi connectivity index (χ4v) is 4.22. The van der Waals surface area contributed by atoms with Crippen molar-refractivity contribution in [2.45, 2.75) is 6.54 Å². The van der Waals surface area contributed by atoms with E-state index in [2.05, 4.69) is 15.9 Å². The van der Waals surface area contributed by atoms with Gasteiger partial charge < -0.3 is 19.0 Å². The summed E-state index contributed by atoms with van der Waals surface area (Å²) in [6, 6.07) is 11.4. The Morgan fingerprint density at radius 1 is 1.30 bits per heavy atom. The monoisotopic (exact) mass is 375 g/mol. The Bertz CT molecular complexity index is 1320. The minimum absolute atomic E-state index is 0.206. The lowest BCUT2D eigenvalue weighted by molar-refractivity contribution is 0.0999. The van der Waals surface area contributed by atoms with Crippen LogP contribution < -0.4 is 14.3 Å². The van der Waals surface area contributed by atoms with Crippen LogP contribution in [0.1, 0.15) is 10.4 Å². The van der Waals surface area contributed by atoms with Gasteiger partial charge in [-0.15, -0.1) is 6.42 Å². The summed E-state index contributed by atoms with van der Waals surface area (Å²) in [5, 5.41) is 0.844. The van der Waals surface area contributed by atoms with Crippen LogP contribution in [0.2, 0.25) is 0 Å². The van der Waals surface area contributed by atoms with E-state index in [-0.39, 0.29) is 12.7 Å². The Morgan fingerprint density at radius 2 is 2.11 bits per heavy atom. The van der Waals surface area contributed by atoms with Crippen LogP contribution in [0.15, 0.2) is 47.6 Å². The standard InChI is InChI=1S/C20H13N3O3S/c1-2-7-23-15-8-16-17(26-11-25-16)9-18(15)27-20(23)22-19(24)13-10-21-14-6-4-3-5-12(13)14/h1,3-6,8-10,21H,7,11H2. The van der Waals surface area contributed by atoms with Crippen LogP contribution in [0.5, 0.6) is 11.5 Å². The van der Waals surface area contributed by atoms with Crippen LogP contribution in [0.25, 0.3) is 21.1 Å². The second-order valence-corrected chi connectivity index (χ2v) is 7.02. The number of terminal acetylenes is 1. The molecule has 27 heavy (non-hydrogen) atoms. The number of fused-ring (bicyclic) bond motifs is 3. The fraction of sp³-hybridized carbons (Fsp3) is 0.100. The van der Waals surface area contributed by atoms with Crippen molar-refractivity contribution in [3.8, 4) is 23.8 Å². The molecule has 2 aromatic heterocycles. The van der Waals surface area contributed by atoms with Crippen molar-refractivity contribution in [3.63, 3.8) is 0 Å². The Labute approximate surface area is 157 Å². The summed E-state index contributed by atoms with van der Waals surface area (Å²) in [6.45, 7) is 0.512. The third kappa shape index (κ3) is 2.50. The maximum absolute atomic E-state index is 12.8. The number of rotatable bonds is 2. The lowest BCUT2D eigenvalue weighted by Crippen LogP contribution is -2.16. The number of thiazole rings is 1. The minimum Gasteiger partial charge on any atom is -0.454 e. The average Bonchev–Trinajstić information content (AvgIpc) is 3.37. The van der Waals surface area contributed by atoms with Gasteiger partial charge in [-0.1, -0.05) is 35.5 Å². The summed E-state index contributed by atoms with van der Waals surface area (Å²) in [4.78, 5) is 20.8. The van der Waals surface area contributed by atoms with Crippen LogP contribution >= 0.6 is 11.3 Å². The number of carbonyl (C=O) groups excluding carboxylic acids is 1. The number of ether oxygens (including phenoxy) is 2. The number of hydrogen-bond donors (Lipinski definition) is 1. The summed E-state index contributed by atoms with van der Waals surface area (Å²) in [6.07, 6.45) is 7.22. The Balaban J connectivity index is 1.68. The molecular weight excluding hydrogens is 362 g/mol. The van der Waals surface area contributed by atoms with Crippen molar-refractivity contribution in [1.82, 2.24) is 9.55 Å². The molecule has 0 atom stereocenters. The molecule has 0 saturated heterocycles. The van der Waals surface area contributed by atoms with E-state index in [1.54, 1.807) is 6.20 Å². The van der Waals surface area contributed by atoms with Crippen LogP contribution in [0, 0.1) is 12.3 Å². The molecule has 0 spiro atoms. The highest BCUT2D eigenvalue weighted by atomic mass is 32.1. The van der Waals surface area contributed by atoms with Crippen molar-refractivity contribution in [2.75, 3.05) is 6.79 Å². The summed E-state index contributed by atoms with van der Waals surface area (Å²) in [5.74, 6) is 3.67. The third-order valence-electron chi connectivity index (χ3n) is 4.44. The summed E-state index contributed by atoms with van der Waals surface area (Å²) >= 11 is 1.40. The van der Waals surface area contributed by atoms with Gasteiger partial charge in [0, 0.05) is 29.2 Å². The number of nitrogens with zero attached hydrogens (tertiary/aromatic N) is 2. The molecule has 2 aromatic carbocycles. The molecule has 5 rings (SSSR count). The summed E-state index contributed by atoms with van der Waals surface area (Å²) in [7, 11) is 0. The van der Waals surface area contributed by atoms with Crippen molar-refractivity contribution >= 4 is 38.4 Å². The molecule has 0 bridgehead atoms. The number of amides is 1. The molecule has 0 fully saturated rings. The number of nitrogens with one attached hydrogen (secondary N) is 1. The fourth-order valence-electron chi connectivity index (χ4n) is 3.18. The van der Waals surface area contributed by atoms with Crippen LogP contribution in [-0.2, 0) is 6.54 Å². The van der Waals surface area contributed by atoms with Gasteiger partial charge in [-0.3, -0.25) is 4.79 Å². The molecule has 0 aliphatic carbocycles. The van der Waals surface area contributed by atoms with E-state index < -0.39 is 0 Å². The van der Waals surface area contributed by atoms with Gasteiger partial charge in [-0.25, -0.2) is 0 Å². The zero-order valence-electron chi connectivity index (χ0n) is 14.1. The molecule has 1 N–H and O–H groups in total. The van der Waals surface area contributed by atoms with Crippen molar-refractivity contribution in [3.05, 3.63) is 53.0 Å². The zero-order valence-corrected chi connectivity index (χ0v) is 14.9. The van der Waals surface area contributed by atoms with Gasteiger partial charge in [0.2, 0.25) is 6.79 Å². The highest BCUT2D eigenvalue weighted by Crippen LogP contribution is 2.37. The van der Waals surface area contributed by atoms with Crippen molar-refractivity contribution in [2.24, 2.45) is 4.99 Å². The molecule has 1 aliphatic rings. The average molecular weight is 375 g/mol. The first kappa shape index (κ1) is 15.7. The number of aromatic amines is 1. The van der Waals surface area contributed by atoms with Crippen LogP contribution in [0.4, 0.5) is 0 Å². The minimum atomic E-state index is -0.315. The second kappa shape index (κ2) is 6.04. The normalized spacial score (nSPS) is 13.4. The molecule has 0 unspecified atom stereocenters. The van der Waals surface area contributed by atoms with Crippen molar-refractivity contribution in [1.29, 1.82) is 0 Å². The lowest BCUT2D eigenvalue weighted by atomic mass is 10.2. The number of benzene rings is 2. The number of carbonyl (C=O) groups is 1. The lowest BCUT2D eigenvalue weighted by Gasteiger charge is -2.01. The van der Waals surface area contributed by atoms with E-state index >= 15 is 0 Å². The van der Waals surface area contributed by atoms with E-state index in [0.717, 1.165) is 21.1 Å². The number of hydrogen-bond acceptors (Lipinski definition) is 4. The van der Waals surface area contributed by atoms with Gasteiger partial charge in [0.05, 0.1) is 22.3 Å². The molecular formula is C20H13N3O3S. The van der Waals surface area contributed by atoms with E-state index in [9.17, 15) is 4.79 Å². The summed E-state index contributed by atoms with van der Waals surface area (Å²) in [5.41, 5.74) is 2.30. The van der Waals surface area contributed by atoms with Gasteiger partial charge in [0.1, 0.15) is 0 Å². The SMILES string of the molecule is C#CCn1c(=NC(=O)c2c[nH]c3ccccc23)sc2cc3c(cc21)OCO3. The first-order valence-electron chi connectivity index (χ1n) is 8.26. The first-order valence-corrected chi connectivity index (χ1v) is 9.08.